The van der Waals surface area contributed by atoms with Crippen molar-refractivity contribution in [3.63, 3.8) is 0 Å². The molecular weight excluding hydrogens is 1550 g/mol. The van der Waals surface area contributed by atoms with Crippen molar-refractivity contribution in [2.75, 3.05) is 150 Å². The maximum Gasteiger partial charge on any atom is 0.560 e. The van der Waals surface area contributed by atoms with E-state index in [0.717, 1.165) is 11.1 Å². The molecule has 4 amide bonds. The number of Topliss-reactive ketones (excluding diaryl/α,β-unsaturated/α-hetero) is 2. The standard InChI is InChI=1S/C12H16O5.C10H14O6.C9H8N2O7.C8H10O2.2C5H10O4.C4H7ClO3.C4H7ClO2.C4H8O3.2CH4.Cl2OS/c1-14-9-16-8-12(13)17-10-15-7-11-5-3-2-4-6-11;1-14-6-15-5-10(13)16-4-7-8(11)2-3-9(7)12;12-5-1-2-6(13)10(5)17-9(16)18-11-7(14)3-4-8(11)15;9-7-10-6-8-4-2-1-3-5-8;2*1-8-3-2-5(7)9-4-6;1-7-3-8-2-4(5)6;2*1-7-3-2-4(5)6;;;1-4(2)3/h2-6H,7-10H2,1H3;7H,2-6H2,1H3;1-4H2;1-5,9H,6-7H2;2*6H,2-4H2,1H3;2-3H2,1H3;2-3H2,1H3;2-3H2,1H3,(H,5,6);2*1H4;. The third-order valence-corrected chi connectivity index (χ3v) is 10.8. The van der Waals surface area contributed by atoms with Crippen molar-refractivity contribution in [2.24, 2.45) is 5.92 Å². The zero-order valence-electron chi connectivity index (χ0n) is 58.5. The molecule has 0 radical (unpaired) electrons. The Balaban J connectivity index is -0.000000213. The summed E-state index contributed by atoms with van der Waals surface area (Å²) in [6, 6.07) is 19.4. The van der Waals surface area contributed by atoms with Crippen LogP contribution < -0.4 is 0 Å². The lowest BCUT2D eigenvalue weighted by Gasteiger charge is -2.15. The number of carbonyl (C=O) groups excluding carboxylic acids is 13. The average Bonchev–Trinajstić information content (AvgIpc) is 1.72. The molecule has 2 aromatic carbocycles. The number of carbonyl (C=O) groups is 14. The first-order valence-corrected chi connectivity index (χ1v) is 33.5. The number of aliphatic hydroxyl groups excluding tert-OH is 3. The van der Waals surface area contributed by atoms with Crippen LogP contribution in [-0.2, 0) is 170 Å². The summed E-state index contributed by atoms with van der Waals surface area (Å²) in [6.07, 6.45) is -0.448. The largest absolute Gasteiger partial charge is 0.560 e. The molecular formula is C63H98Cl4N2O37S. The van der Waals surface area contributed by atoms with Crippen LogP contribution in [0, 0.1) is 5.92 Å². The van der Waals surface area contributed by atoms with Crippen LogP contribution in [0.5, 0.6) is 0 Å². The lowest BCUT2D eigenvalue weighted by atomic mass is 10.1. The Morgan fingerprint density at radius 3 is 1.08 bits per heavy atom. The fraction of sp³-hybridized carbons (Fsp3) is 0.587. The van der Waals surface area contributed by atoms with Crippen molar-refractivity contribution in [2.45, 2.75) is 92.3 Å². The molecule has 0 spiro atoms. The molecule has 1 aliphatic carbocycles. The van der Waals surface area contributed by atoms with Crippen LogP contribution in [0.2, 0.25) is 0 Å². The molecule has 44 heteroatoms. The van der Waals surface area contributed by atoms with Gasteiger partial charge in [0.15, 0.2) is 20.4 Å². The van der Waals surface area contributed by atoms with E-state index in [1.165, 1.54) is 49.8 Å². The molecule has 2 heterocycles. The molecule has 3 aliphatic rings. The van der Waals surface area contributed by atoms with E-state index in [4.69, 9.17) is 76.3 Å². The predicted molar refractivity (Wildman–Crippen MR) is 372 cm³/mol. The van der Waals surface area contributed by atoms with Crippen molar-refractivity contribution in [3.8, 4) is 0 Å². The first-order valence-electron chi connectivity index (χ1n) is 29.9. The van der Waals surface area contributed by atoms with Crippen molar-refractivity contribution in [3.05, 3.63) is 71.8 Å². The summed E-state index contributed by atoms with van der Waals surface area (Å²) >= 11 is 9.83. The minimum Gasteiger partial charge on any atom is -0.481 e. The predicted octanol–water partition coefficient (Wildman–Crippen LogP) is 4.06. The van der Waals surface area contributed by atoms with E-state index in [2.05, 4.69) is 78.4 Å². The number of esters is 4. The van der Waals surface area contributed by atoms with Gasteiger partial charge in [-0.25, -0.2) is 13.8 Å². The summed E-state index contributed by atoms with van der Waals surface area (Å²) in [5.74, 6) is -6.61. The first kappa shape index (κ1) is 113. The van der Waals surface area contributed by atoms with Crippen LogP contribution in [-0.4, -0.2) is 267 Å². The van der Waals surface area contributed by atoms with Gasteiger partial charge < -0.3 is 96.2 Å². The van der Waals surface area contributed by atoms with E-state index in [1.807, 2.05) is 60.7 Å². The highest BCUT2D eigenvalue weighted by Gasteiger charge is 2.38. The van der Waals surface area contributed by atoms with Crippen LogP contribution in [0.15, 0.2) is 60.7 Å². The number of hydrogen-bond donors (Lipinski definition) is 4. The van der Waals surface area contributed by atoms with E-state index < -0.39 is 93.6 Å². The molecule has 2 aromatic rings. The molecule has 1 saturated carbocycles. The molecule has 3 fully saturated rings. The molecule has 0 aromatic heterocycles. The van der Waals surface area contributed by atoms with Gasteiger partial charge in [0.2, 0.25) is 19.7 Å². The van der Waals surface area contributed by atoms with E-state index in [9.17, 15) is 67.1 Å². The highest BCUT2D eigenvalue weighted by Crippen LogP contribution is 2.18. The number of carboxylic acid groups (broad SMARTS) is 1. The summed E-state index contributed by atoms with van der Waals surface area (Å²) in [4.78, 5) is 159. The summed E-state index contributed by atoms with van der Waals surface area (Å²) in [7, 11) is 17.7. The maximum absolute atomic E-state index is 11.2. The smallest absolute Gasteiger partial charge is 0.481 e. The van der Waals surface area contributed by atoms with Crippen LogP contribution in [0.4, 0.5) is 4.79 Å². The van der Waals surface area contributed by atoms with Crippen molar-refractivity contribution in [1.82, 2.24) is 10.1 Å². The zero-order valence-corrected chi connectivity index (χ0v) is 62.4. The number of ether oxygens (including phenoxy) is 16. The van der Waals surface area contributed by atoms with Gasteiger partial charge in [-0.05, 0) is 34.3 Å². The number of halogens is 4. The lowest BCUT2D eigenvalue weighted by Crippen LogP contribution is -2.37. The zero-order chi connectivity index (χ0) is 80.4. The molecule has 107 heavy (non-hydrogen) atoms. The number of hydrogen-bond acceptors (Lipinski definition) is 36. The van der Waals surface area contributed by atoms with Gasteiger partial charge in [0.05, 0.1) is 58.9 Å². The van der Waals surface area contributed by atoms with E-state index >= 15 is 0 Å². The molecule has 0 atom stereocenters. The summed E-state index contributed by atoms with van der Waals surface area (Å²) in [6.45, 7) is 0.409. The second kappa shape index (κ2) is 81.3. The number of aliphatic hydroxyl groups is 3. The van der Waals surface area contributed by atoms with Crippen LogP contribution in [0.1, 0.15) is 90.2 Å². The molecule has 2 aliphatic heterocycles. The molecule has 2 saturated heterocycles. The van der Waals surface area contributed by atoms with Crippen molar-refractivity contribution < 1.29 is 177 Å². The van der Waals surface area contributed by atoms with Crippen LogP contribution in [0.25, 0.3) is 0 Å². The molecule has 616 valence electrons. The van der Waals surface area contributed by atoms with Gasteiger partial charge in [0, 0.05) is 116 Å². The second-order valence-corrected chi connectivity index (χ2v) is 21.9. The minimum absolute atomic E-state index is 0. The highest BCUT2D eigenvalue weighted by molar-refractivity contribution is 8.26. The Labute approximate surface area is 640 Å². The second-order valence-electron chi connectivity index (χ2n) is 18.5. The third-order valence-electron chi connectivity index (χ3n) is 10.5. The van der Waals surface area contributed by atoms with Gasteiger partial charge in [-0.15, -0.1) is 0 Å². The Hall–Kier alpha value is -7.27. The van der Waals surface area contributed by atoms with Gasteiger partial charge in [0.25, 0.3) is 23.6 Å². The molecule has 0 unspecified atom stereocenters. The topological polar surface area (TPSA) is 510 Å². The summed E-state index contributed by atoms with van der Waals surface area (Å²) in [5.41, 5.74) is 2.11. The monoisotopic (exact) mass is 1650 g/mol. The maximum atomic E-state index is 11.2. The molecule has 0 bridgehead atoms. The van der Waals surface area contributed by atoms with Gasteiger partial charge in [0.1, 0.15) is 71.1 Å². The Bertz CT molecular complexity index is 2620. The number of rotatable bonds is 37. The number of imide groups is 2. The Morgan fingerprint density at radius 1 is 0.430 bits per heavy atom. The SMILES string of the molecule is C.C.COCCC(=O)Cl.COCCC(=O)O.COCCC(=O)OCO.COCCC(=O)OCO.COCOCC(=O)Cl.COCOCC(=O)OCC1C(=O)CCC1=O.COCOCC(=O)OCOCc1ccccc1.O=C(ON1C(=O)CCC1=O)ON1C(=O)CCC1=O.O=S(Cl)Cl.OCOCc1ccccc1. The van der Waals surface area contributed by atoms with E-state index in [-0.39, 0.29) is 160 Å². The number of benzene rings is 2. The number of nitrogens with zero attached hydrogens (tertiary/aromatic N) is 2. The summed E-state index contributed by atoms with van der Waals surface area (Å²) in [5, 5.41) is 32.0. The average molecular weight is 1650 g/mol. The Kier molecular flexibility index (Phi) is 85.8. The molecule has 39 nitrogen and oxygen atoms in total. The van der Waals surface area contributed by atoms with Gasteiger partial charge >= 0.3 is 36.0 Å². The normalized spacial score (nSPS) is 12.1. The van der Waals surface area contributed by atoms with Crippen LogP contribution in [0.3, 0.4) is 0 Å². The number of amides is 4. The number of methoxy groups -OCH3 is 7. The van der Waals surface area contributed by atoms with Crippen LogP contribution >= 0.6 is 44.6 Å². The molecule has 4 N–H and O–H groups in total. The number of hydroxylamine groups is 4. The molecule has 5 rings (SSSR count). The van der Waals surface area contributed by atoms with Gasteiger partial charge in [-0.3, -0.25) is 62.4 Å². The fourth-order valence-electron chi connectivity index (χ4n) is 5.93. The summed E-state index contributed by atoms with van der Waals surface area (Å²) < 4.78 is 82.8. The van der Waals surface area contributed by atoms with Gasteiger partial charge in [-0.2, -0.15) is 4.79 Å². The van der Waals surface area contributed by atoms with Gasteiger partial charge in [-0.1, -0.05) is 85.6 Å². The van der Waals surface area contributed by atoms with Crippen molar-refractivity contribution in [1.29, 1.82) is 0 Å². The highest BCUT2D eigenvalue weighted by atomic mass is 36.0. The lowest BCUT2D eigenvalue weighted by molar-refractivity contribution is -0.198. The Morgan fingerprint density at radius 2 is 0.776 bits per heavy atom. The third kappa shape index (κ3) is 78.1. The fourth-order valence-corrected chi connectivity index (χ4v) is 6.09. The number of aliphatic carboxylic acids is 1. The first-order chi connectivity index (χ1) is 50.0. The number of ketones is 2. The van der Waals surface area contributed by atoms with E-state index in [1.54, 1.807) is 0 Å². The minimum atomic E-state index is -1.67. The van der Waals surface area contributed by atoms with E-state index in [0.29, 0.717) is 46.1 Å². The van der Waals surface area contributed by atoms with Crippen molar-refractivity contribution >= 4 is 135 Å². The number of carboxylic acids is 1. The quantitative estimate of drug-likeness (QED) is 0.0141.